The summed E-state index contributed by atoms with van der Waals surface area (Å²) in [6.45, 7) is 0.498. The topological polar surface area (TPSA) is 55.1 Å². The predicted molar refractivity (Wildman–Crippen MR) is 70.0 cm³/mol. The molecule has 0 heterocycles. The van der Waals surface area contributed by atoms with Crippen molar-refractivity contribution in [2.24, 2.45) is 11.1 Å². The van der Waals surface area contributed by atoms with Gasteiger partial charge < -0.3 is 11.1 Å². The number of anilines is 1. The lowest BCUT2D eigenvalue weighted by molar-refractivity contribution is -0.119. The Morgan fingerprint density at radius 2 is 2.22 bits per heavy atom. The molecule has 0 saturated heterocycles. The highest BCUT2D eigenvalue weighted by atomic mass is 35.5. The number of nitrogens with two attached hydrogens (primary N) is 1. The quantitative estimate of drug-likeness (QED) is 0.884. The zero-order valence-corrected chi connectivity index (χ0v) is 10.8. The number of rotatable bonds is 4. The number of nitrogens with one attached hydrogen (secondary N) is 1. The van der Waals surface area contributed by atoms with Crippen molar-refractivity contribution in [1.29, 1.82) is 0 Å². The average Bonchev–Trinajstić information content (AvgIpc) is 2.28. The van der Waals surface area contributed by atoms with Crippen LogP contribution in [0.25, 0.3) is 0 Å². The molecule has 3 N–H and O–H groups in total. The molecule has 0 radical (unpaired) electrons. The Kier molecular flexibility index (Phi) is 3.88. The zero-order valence-electron chi connectivity index (χ0n) is 10.0. The third-order valence-electron chi connectivity index (χ3n) is 3.59. The molecule has 1 aliphatic carbocycles. The van der Waals surface area contributed by atoms with Gasteiger partial charge in [-0.1, -0.05) is 18.0 Å². The molecule has 1 amide bonds. The summed E-state index contributed by atoms with van der Waals surface area (Å²) in [5.74, 6) is -0.690. The Balaban J connectivity index is 2.00. The molecule has 18 heavy (non-hydrogen) atoms. The summed E-state index contributed by atoms with van der Waals surface area (Å²) in [5, 5.41) is 2.95. The largest absolute Gasteiger partial charge is 0.330 e. The molecule has 0 atom stereocenters. The zero-order chi connectivity index (χ0) is 13.2. The monoisotopic (exact) mass is 270 g/mol. The Morgan fingerprint density at radius 3 is 2.78 bits per heavy atom. The van der Waals surface area contributed by atoms with Crippen LogP contribution in [0.5, 0.6) is 0 Å². The van der Waals surface area contributed by atoms with E-state index in [1.54, 1.807) is 0 Å². The molecule has 98 valence electrons. The molecule has 1 aliphatic rings. The van der Waals surface area contributed by atoms with Gasteiger partial charge >= 0.3 is 0 Å². The molecule has 0 bridgehead atoms. The molecule has 1 aromatic rings. The summed E-state index contributed by atoms with van der Waals surface area (Å²) in [4.78, 5) is 11.9. The molecule has 0 aliphatic heterocycles. The van der Waals surface area contributed by atoms with E-state index in [0.717, 1.165) is 19.3 Å². The number of hydrogen-bond donors (Lipinski definition) is 2. The fourth-order valence-electron chi connectivity index (χ4n) is 2.26. The van der Waals surface area contributed by atoms with Crippen LogP contribution in [0.15, 0.2) is 18.2 Å². The van der Waals surface area contributed by atoms with Gasteiger partial charge in [0.1, 0.15) is 5.82 Å². The minimum Gasteiger partial charge on any atom is -0.330 e. The predicted octanol–water partition coefficient (Wildman–Crippen LogP) is 2.94. The number of carbonyl (C=O) groups is 1. The van der Waals surface area contributed by atoms with Gasteiger partial charge in [0, 0.05) is 11.4 Å². The molecular formula is C13H16ClFN2O. The van der Waals surface area contributed by atoms with Crippen LogP contribution in [0, 0.1) is 11.2 Å². The fourth-order valence-corrected chi connectivity index (χ4v) is 2.43. The van der Waals surface area contributed by atoms with Crippen LogP contribution in [0.4, 0.5) is 10.1 Å². The molecule has 1 aromatic carbocycles. The number of benzene rings is 1. The van der Waals surface area contributed by atoms with Crippen molar-refractivity contribution >= 4 is 23.2 Å². The second kappa shape index (κ2) is 5.24. The normalized spacial score (nSPS) is 17.1. The number of hydrogen-bond acceptors (Lipinski definition) is 2. The van der Waals surface area contributed by atoms with E-state index < -0.39 is 5.82 Å². The molecule has 3 nitrogen and oxygen atoms in total. The van der Waals surface area contributed by atoms with E-state index in [1.807, 2.05) is 0 Å². The molecule has 0 unspecified atom stereocenters. The van der Waals surface area contributed by atoms with E-state index in [9.17, 15) is 9.18 Å². The maximum absolute atomic E-state index is 13.4. The first-order valence-electron chi connectivity index (χ1n) is 6.00. The molecule has 1 saturated carbocycles. The first-order chi connectivity index (χ1) is 8.54. The van der Waals surface area contributed by atoms with E-state index in [4.69, 9.17) is 17.3 Å². The van der Waals surface area contributed by atoms with Crippen LogP contribution >= 0.6 is 11.6 Å². The van der Waals surface area contributed by atoms with Crippen LogP contribution in [0.2, 0.25) is 5.02 Å². The van der Waals surface area contributed by atoms with E-state index in [0.29, 0.717) is 18.0 Å². The average molecular weight is 271 g/mol. The SMILES string of the molecule is NCC1(CC(=O)Nc2cc(Cl)ccc2F)CCC1. The molecule has 1 fully saturated rings. The third-order valence-corrected chi connectivity index (χ3v) is 3.82. The van der Waals surface area contributed by atoms with E-state index >= 15 is 0 Å². The van der Waals surface area contributed by atoms with Crippen molar-refractivity contribution in [2.75, 3.05) is 11.9 Å². The highest BCUT2D eigenvalue weighted by molar-refractivity contribution is 6.30. The lowest BCUT2D eigenvalue weighted by Crippen LogP contribution is -2.40. The highest BCUT2D eigenvalue weighted by Crippen LogP contribution is 2.43. The fraction of sp³-hybridized carbons (Fsp3) is 0.462. The van der Waals surface area contributed by atoms with Gasteiger partial charge in [0.2, 0.25) is 5.91 Å². The van der Waals surface area contributed by atoms with Crippen molar-refractivity contribution in [2.45, 2.75) is 25.7 Å². The maximum atomic E-state index is 13.4. The summed E-state index contributed by atoms with van der Waals surface area (Å²) in [7, 11) is 0. The molecule has 2 rings (SSSR count). The first-order valence-corrected chi connectivity index (χ1v) is 6.37. The van der Waals surface area contributed by atoms with E-state index in [-0.39, 0.29) is 17.0 Å². The third kappa shape index (κ3) is 2.82. The second-order valence-corrected chi connectivity index (χ2v) is 5.34. The summed E-state index contributed by atoms with van der Waals surface area (Å²) < 4.78 is 13.4. The lowest BCUT2D eigenvalue weighted by atomic mass is 9.66. The van der Waals surface area contributed by atoms with Gasteiger partial charge in [-0.15, -0.1) is 0 Å². The van der Waals surface area contributed by atoms with Crippen molar-refractivity contribution in [1.82, 2.24) is 0 Å². The van der Waals surface area contributed by atoms with Crippen LogP contribution in [-0.4, -0.2) is 12.5 Å². The Labute approximate surface area is 111 Å². The summed E-state index contributed by atoms with van der Waals surface area (Å²) >= 11 is 5.76. The summed E-state index contributed by atoms with van der Waals surface area (Å²) in [5.41, 5.74) is 5.73. The van der Waals surface area contributed by atoms with Gasteiger partial charge in [-0.3, -0.25) is 4.79 Å². The van der Waals surface area contributed by atoms with Crippen molar-refractivity contribution in [3.8, 4) is 0 Å². The molecular weight excluding hydrogens is 255 g/mol. The maximum Gasteiger partial charge on any atom is 0.225 e. The first kappa shape index (κ1) is 13.3. The Bertz CT molecular complexity index is 455. The van der Waals surface area contributed by atoms with Crippen molar-refractivity contribution in [3.05, 3.63) is 29.0 Å². The standard InChI is InChI=1S/C13H16ClFN2O/c14-9-2-3-10(15)11(6-9)17-12(18)7-13(8-16)4-1-5-13/h2-3,6H,1,4-5,7-8,16H2,(H,17,18). The van der Waals surface area contributed by atoms with Crippen LogP contribution < -0.4 is 11.1 Å². The Morgan fingerprint density at radius 1 is 1.50 bits per heavy atom. The number of halogens is 2. The van der Waals surface area contributed by atoms with Gasteiger partial charge in [0.25, 0.3) is 0 Å². The van der Waals surface area contributed by atoms with E-state index in [2.05, 4.69) is 5.32 Å². The van der Waals surface area contributed by atoms with Crippen molar-refractivity contribution in [3.63, 3.8) is 0 Å². The van der Waals surface area contributed by atoms with Crippen LogP contribution in [0.1, 0.15) is 25.7 Å². The van der Waals surface area contributed by atoms with Gasteiger partial charge in [-0.25, -0.2) is 4.39 Å². The van der Waals surface area contributed by atoms with Crippen LogP contribution in [-0.2, 0) is 4.79 Å². The highest BCUT2D eigenvalue weighted by Gasteiger charge is 2.37. The van der Waals surface area contributed by atoms with Gasteiger partial charge in [0.15, 0.2) is 0 Å². The van der Waals surface area contributed by atoms with Gasteiger partial charge in [-0.2, -0.15) is 0 Å². The smallest absolute Gasteiger partial charge is 0.225 e. The van der Waals surface area contributed by atoms with E-state index in [1.165, 1.54) is 18.2 Å². The molecule has 5 heteroatoms. The minimum absolute atomic E-state index is 0.0842. The minimum atomic E-state index is -0.483. The van der Waals surface area contributed by atoms with Crippen LogP contribution in [0.3, 0.4) is 0 Å². The lowest BCUT2D eigenvalue weighted by Gasteiger charge is -2.40. The van der Waals surface area contributed by atoms with Gasteiger partial charge in [0.05, 0.1) is 5.69 Å². The summed E-state index contributed by atoms with van der Waals surface area (Å²) in [6, 6.07) is 4.09. The number of amides is 1. The van der Waals surface area contributed by atoms with Crippen molar-refractivity contribution < 1.29 is 9.18 Å². The summed E-state index contributed by atoms with van der Waals surface area (Å²) in [6.07, 6.45) is 3.38. The van der Waals surface area contributed by atoms with Gasteiger partial charge in [-0.05, 0) is 43.0 Å². The molecule has 0 spiro atoms. The molecule has 0 aromatic heterocycles. The Hall–Kier alpha value is -1.13. The number of carbonyl (C=O) groups excluding carboxylic acids is 1. The second-order valence-electron chi connectivity index (χ2n) is 4.91.